The van der Waals surface area contributed by atoms with E-state index in [1.807, 2.05) is 6.92 Å². The largest absolute Gasteiger partial charge is 0.368 e. The molecule has 0 saturated carbocycles. The Morgan fingerprint density at radius 3 is 2.53 bits per heavy atom. The van der Waals surface area contributed by atoms with Crippen molar-refractivity contribution in [2.45, 2.75) is 31.2 Å². The molecule has 8 nitrogen and oxygen atoms in total. The fourth-order valence-corrected chi connectivity index (χ4v) is 2.31. The third-order valence-electron chi connectivity index (χ3n) is 2.23. The van der Waals surface area contributed by atoms with E-state index in [0.717, 1.165) is 18.8 Å². The number of nitrogens with two attached hydrogens (primary N) is 1. The topological polar surface area (TPSA) is 127 Å². The third-order valence-corrected chi connectivity index (χ3v) is 3.73. The maximum atomic E-state index is 11.9. The second kappa shape index (κ2) is 6.43. The molecule has 0 fully saturated rings. The number of carbonyl (C=O) groups excluding carboxylic acids is 1. The minimum atomic E-state index is -3.84. The van der Waals surface area contributed by atoms with Gasteiger partial charge in [-0.25, -0.2) is 18.4 Å². The summed E-state index contributed by atoms with van der Waals surface area (Å²) in [6.07, 6.45) is 2.94. The monoisotopic (exact) mass is 287 g/mol. The van der Waals surface area contributed by atoms with E-state index in [-0.39, 0.29) is 16.8 Å². The van der Waals surface area contributed by atoms with Crippen LogP contribution in [0.2, 0.25) is 0 Å². The van der Waals surface area contributed by atoms with Gasteiger partial charge in [-0.1, -0.05) is 6.92 Å². The summed E-state index contributed by atoms with van der Waals surface area (Å²) in [6.45, 7) is 3.86. The summed E-state index contributed by atoms with van der Waals surface area (Å²) >= 11 is 0. The lowest BCUT2D eigenvalue weighted by Gasteiger charge is -2.13. The predicted molar refractivity (Wildman–Crippen MR) is 69.5 cm³/mol. The van der Waals surface area contributed by atoms with Crippen molar-refractivity contribution in [3.8, 4) is 0 Å². The molecule has 0 aromatic carbocycles. The van der Waals surface area contributed by atoms with Gasteiger partial charge < -0.3 is 11.1 Å². The van der Waals surface area contributed by atoms with E-state index in [1.54, 1.807) is 0 Å². The van der Waals surface area contributed by atoms with Gasteiger partial charge in [0.25, 0.3) is 0 Å². The Morgan fingerprint density at radius 2 is 2.00 bits per heavy atom. The van der Waals surface area contributed by atoms with Crippen LogP contribution in [0.3, 0.4) is 0 Å². The van der Waals surface area contributed by atoms with Crippen molar-refractivity contribution < 1.29 is 13.2 Å². The van der Waals surface area contributed by atoms with E-state index >= 15 is 0 Å². The SMILES string of the molecule is CCCNC(=O)C(C)NS(=O)(=O)c1cnc(N)nc1. The molecule has 0 aliphatic carbocycles. The molecule has 4 N–H and O–H groups in total. The Bertz CT molecular complexity index is 529. The molecular formula is C10H17N5O3S. The molecule has 1 atom stereocenters. The van der Waals surface area contributed by atoms with Gasteiger partial charge in [0.15, 0.2) is 0 Å². The molecule has 0 bridgehead atoms. The molecule has 0 aliphatic rings. The fraction of sp³-hybridized carbons (Fsp3) is 0.500. The van der Waals surface area contributed by atoms with E-state index in [1.165, 1.54) is 6.92 Å². The molecular weight excluding hydrogens is 270 g/mol. The fourth-order valence-electron chi connectivity index (χ4n) is 1.22. The van der Waals surface area contributed by atoms with Gasteiger partial charge in [-0.05, 0) is 13.3 Å². The molecule has 0 saturated heterocycles. The molecule has 9 heteroatoms. The molecule has 1 amide bonds. The number of anilines is 1. The Labute approximate surface area is 111 Å². The molecule has 1 heterocycles. The van der Waals surface area contributed by atoms with Crippen LogP contribution >= 0.6 is 0 Å². The Kier molecular flexibility index (Phi) is 5.19. The minimum absolute atomic E-state index is 0.0207. The summed E-state index contributed by atoms with van der Waals surface area (Å²) in [4.78, 5) is 18.6. The number of rotatable bonds is 6. The lowest BCUT2D eigenvalue weighted by atomic mass is 10.3. The van der Waals surface area contributed by atoms with Crippen molar-refractivity contribution in [1.82, 2.24) is 20.0 Å². The Hall–Kier alpha value is -1.74. The van der Waals surface area contributed by atoms with E-state index < -0.39 is 16.1 Å². The quantitative estimate of drug-likeness (QED) is 0.632. The predicted octanol–water partition coefficient (Wildman–Crippen LogP) is -0.748. The maximum absolute atomic E-state index is 11.9. The standard InChI is InChI=1S/C10H17N5O3S/c1-3-4-12-9(16)7(2)15-19(17,18)8-5-13-10(11)14-6-8/h5-7,15H,3-4H2,1-2H3,(H,12,16)(H2,11,13,14). The van der Waals surface area contributed by atoms with Crippen LogP contribution in [0, 0.1) is 0 Å². The van der Waals surface area contributed by atoms with Crippen molar-refractivity contribution in [2.75, 3.05) is 12.3 Å². The lowest BCUT2D eigenvalue weighted by molar-refractivity contribution is -0.122. The lowest BCUT2D eigenvalue weighted by Crippen LogP contribution is -2.44. The van der Waals surface area contributed by atoms with Gasteiger partial charge in [-0.3, -0.25) is 4.79 Å². The van der Waals surface area contributed by atoms with Crippen LogP contribution in [-0.2, 0) is 14.8 Å². The third kappa shape index (κ3) is 4.45. The van der Waals surface area contributed by atoms with E-state index in [9.17, 15) is 13.2 Å². The van der Waals surface area contributed by atoms with Crippen LogP contribution in [-0.4, -0.2) is 36.9 Å². The van der Waals surface area contributed by atoms with E-state index in [2.05, 4.69) is 20.0 Å². The molecule has 0 radical (unpaired) electrons. The average molecular weight is 287 g/mol. The van der Waals surface area contributed by atoms with Gasteiger partial charge in [-0.15, -0.1) is 0 Å². The van der Waals surface area contributed by atoms with Gasteiger partial charge in [0, 0.05) is 6.54 Å². The molecule has 0 aliphatic heterocycles. The second-order valence-electron chi connectivity index (χ2n) is 3.91. The number of nitrogen functional groups attached to an aromatic ring is 1. The van der Waals surface area contributed by atoms with Gasteiger partial charge in [0.1, 0.15) is 4.90 Å². The van der Waals surface area contributed by atoms with E-state index in [4.69, 9.17) is 5.73 Å². The minimum Gasteiger partial charge on any atom is -0.368 e. The number of aromatic nitrogens is 2. The number of nitrogens with one attached hydrogen (secondary N) is 2. The highest BCUT2D eigenvalue weighted by atomic mass is 32.2. The van der Waals surface area contributed by atoms with Crippen molar-refractivity contribution in [3.63, 3.8) is 0 Å². The van der Waals surface area contributed by atoms with Gasteiger partial charge in [0.05, 0.1) is 18.4 Å². The molecule has 1 aromatic rings. The van der Waals surface area contributed by atoms with Crippen LogP contribution in [0.25, 0.3) is 0 Å². The highest BCUT2D eigenvalue weighted by Crippen LogP contribution is 2.06. The first kappa shape index (κ1) is 15.3. The highest BCUT2D eigenvalue weighted by molar-refractivity contribution is 7.89. The summed E-state index contributed by atoms with van der Waals surface area (Å²) in [5.41, 5.74) is 5.27. The first-order valence-electron chi connectivity index (χ1n) is 5.74. The normalized spacial score (nSPS) is 12.9. The van der Waals surface area contributed by atoms with Gasteiger partial charge >= 0.3 is 0 Å². The molecule has 19 heavy (non-hydrogen) atoms. The van der Waals surface area contributed by atoms with Crippen LogP contribution in [0.15, 0.2) is 17.3 Å². The zero-order valence-electron chi connectivity index (χ0n) is 10.8. The first-order chi connectivity index (χ1) is 8.86. The van der Waals surface area contributed by atoms with Crippen LogP contribution in [0.5, 0.6) is 0 Å². The van der Waals surface area contributed by atoms with Crippen molar-refractivity contribution in [2.24, 2.45) is 0 Å². The summed E-state index contributed by atoms with van der Waals surface area (Å²) in [5.74, 6) is -0.408. The number of hydrogen-bond acceptors (Lipinski definition) is 6. The van der Waals surface area contributed by atoms with Crippen molar-refractivity contribution in [1.29, 1.82) is 0 Å². The number of carbonyl (C=O) groups is 1. The average Bonchev–Trinajstić information content (AvgIpc) is 2.35. The molecule has 1 unspecified atom stereocenters. The van der Waals surface area contributed by atoms with Crippen LogP contribution in [0.1, 0.15) is 20.3 Å². The number of hydrogen-bond donors (Lipinski definition) is 3. The number of sulfonamides is 1. The zero-order chi connectivity index (χ0) is 14.5. The first-order valence-corrected chi connectivity index (χ1v) is 7.22. The van der Waals surface area contributed by atoms with Crippen LogP contribution in [0.4, 0.5) is 5.95 Å². The Morgan fingerprint density at radius 1 is 1.42 bits per heavy atom. The summed E-state index contributed by atoms with van der Waals surface area (Å²) < 4.78 is 26.1. The summed E-state index contributed by atoms with van der Waals surface area (Å²) in [7, 11) is -3.84. The maximum Gasteiger partial charge on any atom is 0.244 e. The summed E-state index contributed by atoms with van der Waals surface area (Å²) in [5, 5.41) is 2.60. The summed E-state index contributed by atoms with van der Waals surface area (Å²) in [6, 6.07) is -0.880. The van der Waals surface area contributed by atoms with E-state index in [0.29, 0.717) is 6.54 Å². The van der Waals surface area contributed by atoms with Gasteiger partial charge in [-0.2, -0.15) is 4.72 Å². The molecule has 0 spiro atoms. The molecule has 106 valence electrons. The zero-order valence-corrected chi connectivity index (χ0v) is 11.6. The highest BCUT2D eigenvalue weighted by Gasteiger charge is 2.22. The van der Waals surface area contributed by atoms with Crippen LogP contribution < -0.4 is 15.8 Å². The van der Waals surface area contributed by atoms with Gasteiger partial charge in [0.2, 0.25) is 21.9 Å². The molecule has 1 aromatic heterocycles. The smallest absolute Gasteiger partial charge is 0.244 e. The molecule has 1 rings (SSSR count). The number of nitrogens with zero attached hydrogens (tertiary/aromatic N) is 2. The van der Waals surface area contributed by atoms with Crippen molar-refractivity contribution in [3.05, 3.63) is 12.4 Å². The number of amides is 1. The van der Waals surface area contributed by atoms with Crippen molar-refractivity contribution >= 4 is 21.9 Å². The Balaban J connectivity index is 2.74. The second-order valence-corrected chi connectivity index (χ2v) is 5.62.